The van der Waals surface area contributed by atoms with E-state index in [1.807, 2.05) is 0 Å². The van der Waals surface area contributed by atoms with Crippen molar-refractivity contribution in [1.82, 2.24) is 15.3 Å². The molecule has 0 saturated carbocycles. The third-order valence-electron chi connectivity index (χ3n) is 5.46. The number of nitro benzene ring substituents is 1. The summed E-state index contributed by atoms with van der Waals surface area (Å²) < 4.78 is 6.00. The lowest BCUT2D eigenvalue weighted by Gasteiger charge is -2.26. The third kappa shape index (κ3) is 5.66. The molecule has 0 atom stereocenters. The zero-order valence-electron chi connectivity index (χ0n) is 18.0. The highest BCUT2D eigenvalue weighted by Crippen LogP contribution is 2.35. The topological polar surface area (TPSA) is 109 Å². The van der Waals surface area contributed by atoms with Crippen LogP contribution in [0, 0.1) is 10.1 Å². The van der Waals surface area contributed by atoms with Gasteiger partial charge in [-0.05, 0) is 56.3 Å². The normalized spacial score (nSPS) is 18.0. The minimum atomic E-state index is -0.530. The molecule has 0 unspecified atom stereocenters. The number of hydrogen-bond acceptors (Lipinski definition) is 8. The maximum Gasteiger partial charge on any atom is 0.285 e. The zero-order chi connectivity index (χ0) is 24.2. The number of carbonyl (C=O) groups excluding carboxylic acids is 2. The van der Waals surface area contributed by atoms with Crippen molar-refractivity contribution in [2.75, 3.05) is 19.6 Å². The molecule has 3 heterocycles. The predicted molar refractivity (Wildman–Crippen MR) is 134 cm³/mol. The average molecular weight is 521 g/mol. The van der Waals surface area contributed by atoms with Gasteiger partial charge in [-0.15, -0.1) is 0 Å². The lowest BCUT2D eigenvalue weighted by molar-refractivity contribution is -0.384. The van der Waals surface area contributed by atoms with Crippen LogP contribution in [0.4, 0.5) is 5.69 Å². The van der Waals surface area contributed by atoms with Crippen LogP contribution in [0.3, 0.4) is 0 Å². The Labute approximate surface area is 210 Å². The van der Waals surface area contributed by atoms with Crippen LogP contribution < -0.4 is 5.43 Å². The van der Waals surface area contributed by atoms with Crippen molar-refractivity contribution in [3.8, 4) is 11.3 Å². The summed E-state index contributed by atoms with van der Waals surface area (Å²) in [7, 11) is 0. The highest BCUT2D eigenvalue weighted by Gasteiger charge is 2.34. The van der Waals surface area contributed by atoms with Crippen molar-refractivity contribution in [2.24, 2.45) is 0 Å². The van der Waals surface area contributed by atoms with Gasteiger partial charge in [0.05, 0.1) is 14.9 Å². The summed E-state index contributed by atoms with van der Waals surface area (Å²) in [5.74, 6) is 0.0675. The molecule has 2 fully saturated rings. The molecule has 12 heteroatoms. The van der Waals surface area contributed by atoms with Crippen molar-refractivity contribution in [3.05, 3.63) is 56.1 Å². The van der Waals surface area contributed by atoms with E-state index in [1.165, 1.54) is 30.7 Å². The van der Waals surface area contributed by atoms with E-state index in [2.05, 4.69) is 10.3 Å². The van der Waals surface area contributed by atoms with Gasteiger partial charge in [0.15, 0.2) is 4.32 Å². The summed E-state index contributed by atoms with van der Waals surface area (Å²) in [6.45, 7) is 2.64. The number of likely N-dealkylation sites (tertiary alicyclic amines) is 1. The van der Waals surface area contributed by atoms with Crippen molar-refractivity contribution >= 4 is 63.5 Å². The molecule has 0 spiro atoms. The van der Waals surface area contributed by atoms with Crippen LogP contribution in [0.1, 0.15) is 31.4 Å². The first-order valence-corrected chi connectivity index (χ1v) is 12.3. The van der Waals surface area contributed by atoms with Gasteiger partial charge < -0.3 is 9.32 Å². The minimum absolute atomic E-state index is 0.123. The quantitative estimate of drug-likeness (QED) is 0.244. The van der Waals surface area contributed by atoms with Crippen LogP contribution in [-0.2, 0) is 9.59 Å². The Hall–Kier alpha value is -2.73. The largest absolute Gasteiger partial charge is 0.457 e. The molecule has 2 saturated heterocycles. The van der Waals surface area contributed by atoms with E-state index in [1.54, 1.807) is 12.1 Å². The molecule has 0 bridgehead atoms. The number of piperidine rings is 1. The molecule has 0 aliphatic carbocycles. The second-order valence-corrected chi connectivity index (χ2v) is 9.91. The van der Waals surface area contributed by atoms with Gasteiger partial charge in [0.25, 0.3) is 11.6 Å². The molecule has 1 aromatic heterocycles. The lowest BCUT2D eigenvalue weighted by Crippen LogP contribution is -2.46. The van der Waals surface area contributed by atoms with Gasteiger partial charge in [-0.25, -0.2) is 0 Å². The first kappa shape index (κ1) is 24.4. The molecule has 0 radical (unpaired) electrons. The highest BCUT2D eigenvalue weighted by molar-refractivity contribution is 8.26. The number of non-ortho nitro benzene ring substituents is 1. The lowest BCUT2D eigenvalue weighted by atomic mass is 10.1. The second-order valence-electron chi connectivity index (χ2n) is 7.83. The van der Waals surface area contributed by atoms with Gasteiger partial charge in [0, 0.05) is 36.7 Å². The first-order chi connectivity index (χ1) is 16.3. The third-order valence-corrected chi connectivity index (χ3v) is 7.08. The van der Waals surface area contributed by atoms with Crippen molar-refractivity contribution in [1.29, 1.82) is 0 Å². The van der Waals surface area contributed by atoms with Crippen LogP contribution in [0.2, 0.25) is 5.02 Å². The number of thioether (sulfide) groups is 1. The number of nitrogens with one attached hydrogen (secondary N) is 1. The molecule has 2 aliphatic heterocycles. The number of carbonyl (C=O) groups is 2. The zero-order valence-corrected chi connectivity index (χ0v) is 20.4. The molecule has 1 aromatic carbocycles. The van der Waals surface area contributed by atoms with Crippen LogP contribution in [0.25, 0.3) is 17.4 Å². The van der Waals surface area contributed by atoms with Crippen LogP contribution in [0.5, 0.6) is 0 Å². The Morgan fingerprint density at radius 2 is 2.03 bits per heavy atom. The van der Waals surface area contributed by atoms with Crippen LogP contribution in [0.15, 0.2) is 39.7 Å². The molecule has 2 amide bonds. The van der Waals surface area contributed by atoms with E-state index in [0.29, 0.717) is 28.5 Å². The number of thiocarbonyl (C=S) groups is 1. The number of hydrazine groups is 1. The number of amides is 2. The molecular formula is C22H21ClN4O5S2. The standard InChI is InChI=1S/C22H21ClN4O5S2/c23-17-12-14(27(30)31)4-6-16(17)18-7-5-15(32-18)13-19-21(29)26(22(33)34-19)24-20(28)8-11-25-9-2-1-3-10-25/h4-7,12-13H,1-3,8-11H2,(H,24,28). The SMILES string of the molecule is O=C(CCN1CCCCC1)NN1C(=O)C(=Cc2ccc(-c3ccc([N+](=O)[O-])cc3Cl)o2)SC1=S. The summed E-state index contributed by atoms with van der Waals surface area (Å²) in [5.41, 5.74) is 2.96. The summed E-state index contributed by atoms with van der Waals surface area (Å²) in [6, 6.07) is 7.39. The number of halogens is 1. The average Bonchev–Trinajstić information content (AvgIpc) is 3.38. The van der Waals surface area contributed by atoms with E-state index in [0.717, 1.165) is 42.7 Å². The van der Waals surface area contributed by atoms with Gasteiger partial charge >= 0.3 is 0 Å². The van der Waals surface area contributed by atoms with Gasteiger partial charge in [0.1, 0.15) is 11.5 Å². The predicted octanol–water partition coefficient (Wildman–Crippen LogP) is 4.62. The number of benzene rings is 1. The van der Waals surface area contributed by atoms with E-state index in [-0.39, 0.29) is 27.4 Å². The molecular weight excluding hydrogens is 500 g/mol. The maximum atomic E-state index is 12.8. The Morgan fingerprint density at radius 1 is 1.26 bits per heavy atom. The molecule has 2 aliphatic rings. The Morgan fingerprint density at radius 3 is 2.74 bits per heavy atom. The highest BCUT2D eigenvalue weighted by atomic mass is 35.5. The number of nitro groups is 1. The van der Waals surface area contributed by atoms with Crippen LogP contribution >= 0.6 is 35.6 Å². The number of hydrogen-bond donors (Lipinski definition) is 1. The Bertz CT molecular complexity index is 1180. The summed E-state index contributed by atoms with van der Waals surface area (Å²) >= 11 is 12.5. The molecule has 9 nitrogen and oxygen atoms in total. The van der Waals surface area contributed by atoms with Gasteiger partial charge in [-0.3, -0.25) is 25.1 Å². The molecule has 4 rings (SSSR count). The van der Waals surface area contributed by atoms with Gasteiger partial charge in [-0.2, -0.15) is 5.01 Å². The summed E-state index contributed by atoms with van der Waals surface area (Å²) in [4.78, 5) is 38.1. The van der Waals surface area contributed by atoms with Gasteiger partial charge in [0.2, 0.25) is 5.91 Å². The fourth-order valence-corrected chi connectivity index (χ4v) is 5.14. The molecule has 178 valence electrons. The monoisotopic (exact) mass is 520 g/mol. The fourth-order valence-electron chi connectivity index (χ4n) is 3.71. The molecule has 1 N–H and O–H groups in total. The Balaban J connectivity index is 1.40. The maximum absolute atomic E-state index is 12.8. The van der Waals surface area contributed by atoms with Crippen molar-refractivity contribution < 1.29 is 18.9 Å². The van der Waals surface area contributed by atoms with Gasteiger partial charge in [-0.1, -0.05) is 29.8 Å². The first-order valence-electron chi connectivity index (χ1n) is 10.7. The van der Waals surface area contributed by atoms with E-state index >= 15 is 0 Å². The van der Waals surface area contributed by atoms with Crippen molar-refractivity contribution in [3.63, 3.8) is 0 Å². The molecule has 2 aromatic rings. The van der Waals surface area contributed by atoms with E-state index in [4.69, 9.17) is 28.2 Å². The molecule has 34 heavy (non-hydrogen) atoms. The fraction of sp³-hybridized carbons (Fsp3) is 0.318. The summed E-state index contributed by atoms with van der Waals surface area (Å²) in [6.07, 6.45) is 5.33. The van der Waals surface area contributed by atoms with Crippen LogP contribution in [-0.4, -0.2) is 50.6 Å². The minimum Gasteiger partial charge on any atom is -0.457 e. The van der Waals surface area contributed by atoms with E-state index < -0.39 is 10.8 Å². The number of nitrogens with zero attached hydrogens (tertiary/aromatic N) is 3. The summed E-state index contributed by atoms with van der Waals surface area (Å²) in [5, 5.41) is 12.2. The van der Waals surface area contributed by atoms with Crippen molar-refractivity contribution in [2.45, 2.75) is 25.7 Å². The Kier molecular flexibility index (Phi) is 7.67. The van der Waals surface area contributed by atoms with E-state index in [9.17, 15) is 19.7 Å². The second kappa shape index (κ2) is 10.7. The number of rotatable bonds is 7. The number of furan rings is 1. The smallest absolute Gasteiger partial charge is 0.285 e.